The third-order valence-electron chi connectivity index (χ3n) is 1.29. The van der Waals surface area contributed by atoms with Gasteiger partial charge in [0.15, 0.2) is 0 Å². The molecule has 0 bridgehead atoms. The fourth-order valence-electron chi connectivity index (χ4n) is 0.739. The lowest BCUT2D eigenvalue weighted by atomic mass is 10.2. The van der Waals surface area contributed by atoms with Gasteiger partial charge in [-0.15, -0.1) is 22.9 Å². The van der Waals surface area contributed by atoms with E-state index in [1.54, 1.807) is 11.3 Å². The number of thiophene rings is 1. The van der Waals surface area contributed by atoms with Crippen molar-refractivity contribution < 1.29 is 0 Å². The van der Waals surface area contributed by atoms with Crippen molar-refractivity contribution >= 4 is 29.0 Å². The predicted octanol–water partition coefficient (Wildman–Crippen LogP) is 3.31. The quantitative estimate of drug-likeness (QED) is 0.601. The second-order valence-electron chi connectivity index (χ2n) is 1.99. The molecule has 0 unspecified atom stereocenters. The molecule has 54 valence electrons. The van der Waals surface area contributed by atoms with Gasteiger partial charge in [0.05, 0.1) is 0 Å². The van der Waals surface area contributed by atoms with Gasteiger partial charge in [0.1, 0.15) is 0 Å². The van der Waals surface area contributed by atoms with Crippen LogP contribution >= 0.6 is 22.9 Å². The third kappa shape index (κ3) is 1.86. The van der Waals surface area contributed by atoms with Gasteiger partial charge in [-0.3, -0.25) is 0 Å². The van der Waals surface area contributed by atoms with Crippen LogP contribution < -0.4 is 0 Å². The highest BCUT2D eigenvalue weighted by Gasteiger charge is 1.91. The first-order chi connectivity index (χ1) is 4.84. The summed E-state index contributed by atoms with van der Waals surface area (Å²) in [5.41, 5.74) is 1.28. The predicted molar refractivity (Wildman–Crippen MR) is 48.8 cm³/mol. The van der Waals surface area contributed by atoms with E-state index in [4.69, 9.17) is 11.6 Å². The minimum absolute atomic E-state index is 0.593. The first kappa shape index (κ1) is 7.83. The van der Waals surface area contributed by atoms with Gasteiger partial charge >= 0.3 is 0 Å². The Morgan fingerprint density at radius 1 is 1.70 bits per heavy atom. The average Bonchev–Trinajstić information content (AvgIpc) is 2.31. The summed E-state index contributed by atoms with van der Waals surface area (Å²) < 4.78 is 0. The van der Waals surface area contributed by atoms with Crippen LogP contribution in [0, 0.1) is 6.92 Å². The van der Waals surface area contributed by atoms with Crippen molar-refractivity contribution in [2.24, 2.45) is 0 Å². The Morgan fingerprint density at radius 3 is 3.00 bits per heavy atom. The van der Waals surface area contributed by atoms with Crippen molar-refractivity contribution in [3.8, 4) is 0 Å². The molecule has 1 aromatic heterocycles. The molecule has 0 atom stereocenters. The summed E-state index contributed by atoms with van der Waals surface area (Å²) in [5.74, 6) is 0.593. The van der Waals surface area contributed by atoms with Crippen LogP contribution in [0.15, 0.2) is 17.5 Å². The molecule has 0 saturated heterocycles. The first-order valence-electron chi connectivity index (χ1n) is 3.11. The maximum Gasteiger partial charge on any atom is 0.0407 e. The Hall–Kier alpha value is -0.270. The zero-order chi connectivity index (χ0) is 7.40. The maximum absolute atomic E-state index is 5.49. The van der Waals surface area contributed by atoms with Crippen LogP contribution in [-0.4, -0.2) is 5.88 Å². The van der Waals surface area contributed by atoms with Crippen molar-refractivity contribution in [1.29, 1.82) is 0 Å². The van der Waals surface area contributed by atoms with Gasteiger partial charge < -0.3 is 0 Å². The maximum atomic E-state index is 5.49. The highest BCUT2D eigenvalue weighted by Crippen LogP contribution is 2.16. The lowest BCUT2D eigenvalue weighted by Gasteiger charge is -1.86. The molecule has 0 nitrogen and oxygen atoms in total. The highest BCUT2D eigenvalue weighted by atomic mass is 35.5. The molecule has 0 aliphatic rings. The Labute approximate surface area is 70.1 Å². The van der Waals surface area contributed by atoms with E-state index < -0.39 is 0 Å². The summed E-state index contributed by atoms with van der Waals surface area (Å²) in [6, 6.07) is 2.10. The minimum Gasteiger partial charge on any atom is -0.149 e. The van der Waals surface area contributed by atoms with Crippen LogP contribution in [0.1, 0.15) is 10.4 Å². The van der Waals surface area contributed by atoms with Crippen LogP contribution in [0.2, 0.25) is 0 Å². The van der Waals surface area contributed by atoms with E-state index in [9.17, 15) is 0 Å². The molecule has 1 aromatic rings. The zero-order valence-corrected chi connectivity index (χ0v) is 7.38. The molecule has 0 N–H and O–H groups in total. The molecular formula is C8H9ClS. The summed E-state index contributed by atoms with van der Waals surface area (Å²) in [4.78, 5) is 1.35. The molecule has 0 radical (unpaired) electrons. The normalized spacial score (nSPS) is 11.0. The van der Waals surface area contributed by atoms with E-state index in [1.807, 2.05) is 6.08 Å². The summed E-state index contributed by atoms with van der Waals surface area (Å²) >= 11 is 7.25. The number of rotatable bonds is 2. The number of hydrogen-bond donors (Lipinski definition) is 0. The fourth-order valence-corrected chi connectivity index (χ4v) is 1.52. The molecule has 0 amide bonds. The average molecular weight is 173 g/mol. The van der Waals surface area contributed by atoms with Crippen LogP contribution in [0.3, 0.4) is 0 Å². The van der Waals surface area contributed by atoms with Crippen LogP contribution in [0.4, 0.5) is 0 Å². The second-order valence-corrected chi connectivity index (χ2v) is 3.42. The topological polar surface area (TPSA) is 0 Å². The van der Waals surface area contributed by atoms with E-state index in [0.29, 0.717) is 5.88 Å². The van der Waals surface area contributed by atoms with Gasteiger partial charge in [0.25, 0.3) is 0 Å². The molecule has 2 heteroatoms. The van der Waals surface area contributed by atoms with Crippen LogP contribution in [0.25, 0.3) is 6.08 Å². The fraction of sp³-hybridized carbons (Fsp3) is 0.250. The smallest absolute Gasteiger partial charge is 0.0407 e. The van der Waals surface area contributed by atoms with E-state index in [0.717, 1.165) is 0 Å². The monoisotopic (exact) mass is 172 g/mol. The van der Waals surface area contributed by atoms with Gasteiger partial charge in [0.2, 0.25) is 0 Å². The summed E-state index contributed by atoms with van der Waals surface area (Å²) in [6.07, 6.45) is 4.01. The molecule has 0 aromatic carbocycles. The Kier molecular flexibility index (Phi) is 2.97. The molecule has 0 spiro atoms. The zero-order valence-electron chi connectivity index (χ0n) is 5.80. The lowest BCUT2D eigenvalue weighted by Crippen LogP contribution is -1.67. The standard InChI is InChI=1S/C8H9ClS/c1-7-8(3-2-5-9)4-6-10-7/h2-4,6H,5H2,1H3. The van der Waals surface area contributed by atoms with Gasteiger partial charge in [-0.25, -0.2) is 0 Å². The highest BCUT2D eigenvalue weighted by molar-refractivity contribution is 7.10. The third-order valence-corrected chi connectivity index (χ3v) is 2.33. The number of aryl methyl sites for hydroxylation is 1. The van der Waals surface area contributed by atoms with E-state index in [-0.39, 0.29) is 0 Å². The largest absolute Gasteiger partial charge is 0.149 e. The molecular weight excluding hydrogens is 164 g/mol. The van der Waals surface area contributed by atoms with E-state index >= 15 is 0 Å². The lowest BCUT2D eigenvalue weighted by molar-refractivity contribution is 1.59. The Morgan fingerprint density at radius 2 is 2.50 bits per heavy atom. The van der Waals surface area contributed by atoms with Gasteiger partial charge in [-0.1, -0.05) is 12.2 Å². The summed E-state index contributed by atoms with van der Waals surface area (Å²) in [7, 11) is 0. The first-order valence-corrected chi connectivity index (χ1v) is 4.52. The number of allylic oxidation sites excluding steroid dienone is 1. The van der Waals surface area contributed by atoms with Gasteiger partial charge in [0, 0.05) is 10.8 Å². The number of halogens is 1. The Bertz CT molecular complexity index is 225. The molecule has 1 heterocycles. The number of alkyl halides is 1. The second kappa shape index (κ2) is 3.79. The van der Waals surface area contributed by atoms with Crippen molar-refractivity contribution in [3.05, 3.63) is 28.0 Å². The van der Waals surface area contributed by atoms with Crippen molar-refractivity contribution in [3.63, 3.8) is 0 Å². The molecule has 0 aliphatic carbocycles. The molecule has 0 fully saturated rings. The summed E-state index contributed by atoms with van der Waals surface area (Å²) in [6.45, 7) is 2.11. The van der Waals surface area contributed by atoms with Crippen molar-refractivity contribution in [2.45, 2.75) is 6.92 Å². The van der Waals surface area contributed by atoms with Crippen molar-refractivity contribution in [1.82, 2.24) is 0 Å². The van der Waals surface area contributed by atoms with Crippen molar-refractivity contribution in [2.75, 3.05) is 5.88 Å². The van der Waals surface area contributed by atoms with E-state index in [2.05, 4.69) is 24.4 Å². The van der Waals surface area contributed by atoms with Crippen LogP contribution in [-0.2, 0) is 0 Å². The minimum atomic E-state index is 0.593. The van der Waals surface area contributed by atoms with E-state index in [1.165, 1.54) is 10.4 Å². The Balaban J connectivity index is 2.74. The SMILES string of the molecule is Cc1sccc1C=CCCl. The molecule has 1 rings (SSSR count). The summed E-state index contributed by atoms with van der Waals surface area (Å²) in [5, 5.41) is 2.09. The van der Waals surface area contributed by atoms with Crippen LogP contribution in [0.5, 0.6) is 0 Å². The number of hydrogen-bond acceptors (Lipinski definition) is 1. The molecule has 0 saturated carbocycles. The molecule has 10 heavy (non-hydrogen) atoms. The van der Waals surface area contributed by atoms with Gasteiger partial charge in [-0.2, -0.15) is 0 Å². The van der Waals surface area contributed by atoms with Gasteiger partial charge in [-0.05, 0) is 23.9 Å². The molecule has 0 aliphatic heterocycles.